The topological polar surface area (TPSA) is 62.7 Å². The van der Waals surface area contributed by atoms with Crippen molar-refractivity contribution >= 4 is 11.6 Å². The predicted octanol–water partition coefficient (Wildman–Crippen LogP) is 0.530. The fourth-order valence-corrected chi connectivity index (χ4v) is 1.09. The molecule has 5 heteroatoms. The van der Waals surface area contributed by atoms with Gasteiger partial charge in [0.1, 0.15) is 0 Å². The summed E-state index contributed by atoms with van der Waals surface area (Å²) in [5.74, 6) is -0.0608. The van der Waals surface area contributed by atoms with E-state index >= 15 is 0 Å². The highest BCUT2D eigenvalue weighted by Crippen LogP contribution is 2.18. The molecule has 0 aromatic carbocycles. The third kappa shape index (κ3) is 2.69. The van der Waals surface area contributed by atoms with Crippen LogP contribution in [0.3, 0.4) is 0 Å². The smallest absolute Gasteiger partial charge is 0.233 e. The highest BCUT2D eigenvalue weighted by molar-refractivity contribution is 5.83. The fraction of sp³-hybridized carbons (Fsp3) is 0.750. The number of amides is 1. The van der Waals surface area contributed by atoms with E-state index in [1.165, 1.54) is 0 Å². The van der Waals surface area contributed by atoms with Crippen LogP contribution in [0.5, 0.6) is 0 Å². The van der Waals surface area contributed by atoms with E-state index in [2.05, 4.69) is 16.0 Å². The molecule has 0 saturated carbocycles. The zero-order chi connectivity index (χ0) is 9.90. The van der Waals surface area contributed by atoms with Crippen molar-refractivity contribution < 1.29 is 9.63 Å². The van der Waals surface area contributed by atoms with E-state index in [0.29, 0.717) is 12.8 Å². The van der Waals surface area contributed by atoms with Crippen molar-refractivity contribution in [3.05, 3.63) is 0 Å². The van der Waals surface area contributed by atoms with E-state index in [-0.39, 0.29) is 5.91 Å². The Morgan fingerprint density at radius 3 is 2.92 bits per heavy atom. The lowest BCUT2D eigenvalue weighted by atomic mass is 10.1. The van der Waals surface area contributed by atoms with Crippen LogP contribution < -0.4 is 10.9 Å². The molecule has 1 unspecified atom stereocenters. The first kappa shape index (κ1) is 9.98. The van der Waals surface area contributed by atoms with Crippen molar-refractivity contribution in [3.63, 3.8) is 0 Å². The van der Waals surface area contributed by atoms with E-state index in [1.54, 1.807) is 6.92 Å². The second-order valence-corrected chi connectivity index (χ2v) is 3.35. The van der Waals surface area contributed by atoms with Gasteiger partial charge in [0.25, 0.3) is 0 Å². The first-order valence-corrected chi connectivity index (χ1v) is 4.33. The molecule has 0 aromatic heterocycles. The Morgan fingerprint density at radius 1 is 1.77 bits per heavy atom. The molecule has 0 aliphatic carbocycles. The third-order valence-electron chi connectivity index (χ3n) is 1.78. The van der Waals surface area contributed by atoms with Crippen molar-refractivity contribution in [1.82, 2.24) is 10.9 Å². The molecular weight excluding hydrogens is 170 g/mol. The maximum atomic E-state index is 10.9. The number of carbonyl (C=O) groups is 1. The predicted molar refractivity (Wildman–Crippen MR) is 48.8 cm³/mol. The Bertz CT molecular complexity index is 240. The molecule has 0 fully saturated rings. The van der Waals surface area contributed by atoms with Crippen molar-refractivity contribution in [3.8, 4) is 0 Å². The van der Waals surface area contributed by atoms with Gasteiger partial charge in [-0.1, -0.05) is 12.1 Å². The summed E-state index contributed by atoms with van der Waals surface area (Å²) >= 11 is 0. The summed E-state index contributed by atoms with van der Waals surface area (Å²) in [6, 6.07) is 0. The summed E-state index contributed by atoms with van der Waals surface area (Å²) in [6.07, 6.45) is 1.12. The summed E-state index contributed by atoms with van der Waals surface area (Å²) in [4.78, 5) is 16.0. The number of nitrogens with one attached hydrogen (secondary N) is 2. The lowest BCUT2D eigenvalue weighted by molar-refractivity contribution is -0.125. The monoisotopic (exact) mass is 185 g/mol. The normalized spacial score (nSPS) is 26.5. The number of rotatable bonds is 3. The number of hydrogen-bond donors (Lipinski definition) is 2. The van der Waals surface area contributed by atoms with Crippen molar-refractivity contribution in [2.24, 2.45) is 5.16 Å². The average Bonchev–Trinajstić information content (AvgIpc) is 2.43. The van der Waals surface area contributed by atoms with Crippen LogP contribution in [-0.2, 0) is 9.63 Å². The van der Waals surface area contributed by atoms with Crippen LogP contribution in [0.4, 0.5) is 0 Å². The van der Waals surface area contributed by atoms with Gasteiger partial charge in [-0.15, -0.1) is 0 Å². The Kier molecular flexibility index (Phi) is 2.87. The van der Waals surface area contributed by atoms with Crippen molar-refractivity contribution in [2.45, 2.75) is 39.3 Å². The fourth-order valence-electron chi connectivity index (χ4n) is 1.09. The molecule has 5 nitrogen and oxygen atoms in total. The maximum absolute atomic E-state index is 10.9. The summed E-state index contributed by atoms with van der Waals surface area (Å²) in [5.41, 5.74) is 5.68. The SMILES string of the molecule is CCC(=O)NNC1(C)CC(C)=NO1. The maximum Gasteiger partial charge on any atom is 0.233 e. The van der Waals surface area contributed by atoms with Gasteiger partial charge < -0.3 is 4.84 Å². The van der Waals surface area contributed by atoms with Gasteiger partial charge in [-0.05, 0) is 13.8 Å². The molecule has 1 aliphatic rings. The first-order chi connectivity index (χ1) is 6.06. The van der Waals surface area contributed by atoms with Gasteiger partial charge in [0.05, 0.1) is 5.71 Å². The van der Waals surface area contributed by atoms with Crippen LogP contribution in [0.2, 0.25) is 0 Å². The van der Waals surface area contributed by atoms with E-state index in [4.69, 9.17) is 4.84 Å². The van der Waals surface area contributed by atoms with Gasteiger partial charge in [-0.3, -0.25) is 10.2 Å². The molecule has 1 amide bonds. The van der Waals surface area contributed by atoms with E-state index < -0.39 is 5.72 Å². The summed E-state index contributed by atoms with van der Waals surface area (Å²) < 4.78 is 0. The highest BCUT2D eigenvalue weighted by Gasteiger charge is 2.32. The molecular formula is C8H15N3O2. The van der Waals surface area contributed by atoms with Gasteiger partial charge >= 0.3 is 0 Å². The minimum absolute atomic E-state index is 0.0608. The number of hydrazine groups is 1. The minimum Gasteiger partial charge on any atom is -0.372 e. The Labute approximate surface area is 77.5 Å². The van der Waals surface area contributed by atoms with Crippen LogP contribution in [0, 0.1) is 0 Å². The van der Waals surface area contributed by atoms with Crippen molar-refractivity contribution in [1.29, 1.82) is 0 Å². The summed E-state index contributed by atoms with van der Waals surface area (Å²) in [6.45, 7) is 5.51. The van der Waals surface area contributed by atoms with Gasteiger partial charge in [-0.2, -0.15) is 5.43 Å². The molecule has 0 bridgehead atoms. The Hall–Kier alpha value is -1.10. The zero-order valence-electron chi connectivity index (χ0n) is 8.18. The molecule has 0 saturated heterocycles. The molecule has 74 valence electrons. The number of carbonyl (C=O) groups excluding carboxylic acids is 1. The Balaban J connectivity index is 2.33. The van der Waals surface area contributed by atoms with E-state index in [0.717, 1.165) is 5.71 Å². The van der Waals surface area contributed by atoms with E-state index in [9.17, 15) is 4.79 Å². The molecule has 1 rings (SSSR count). The number of hydrogen-bond acceptors (Lipinski definition) is 4. The Morgan fingerprint density at radius 2 is 2.46 bits per heavy atom. The summed E-state index contributed by atoms with van der Waals surface area (Å²) in [7, 11) is 0. The second-order valence-electron chi connectivity index (χ2n) is 3.35. The van der Waals surface area contributed by atoms with Gasteiger partial charge in [0.15, 0.2) is 0 Å². The number of nitrogens with zero attached hydrogens (tertiary/aromatic N) is 1. The lowest BCUT2D eigenvalue weighted by Gasteiger charge is -2.22. The van der Waals surface area contributed by atoms with Crippen LogP contribution >= 0.6 is 0 Å². The van der Waals surface area contributed by atoms with Crippen LogP contribution in [-0.4, -0.2) is 17.3 Å². The van der Waals surface area contributed by atoms with Gasteiger partial charge in [0, 0.05) is 12.8 Å². The zero-order valence-corrected chi connectivity index (χ0v) is 8.18. The van der Waals surface area contributed by atoms with E-state index in [1.807, 2.05) is 13.8 Å². The largest absolute Gasteiger partial charge is 0.372 e. The minimum atomic E-state index is -0.588. The molecule has 1 aliphatic heterocycles. The molecule has 1 atom stereocenters. The average molecular weight is 185 g/mol. The number of oxime groups is 1. The molecule has 2 N–H and O–H groups in total. The molecule has 13 heavy (non-hydrogen) atoms. The summed E-state index contributed by atoms with van der Waals surface area (Å²) in [5, 5.41) is 3.80. The van der Waals surface area contributed by atoms with Crippen LogP contribution in [0.1, 0.15) is 33.6 Å². The molecule has 0 radical (unpaired) electrons. The molecule has 0 spiro atoms. The third-order valence-corrected chi connectivity index (χ3v) is 1.78. The highest BCUT2D eigenvalue weighted by atomic mass is 16.7. The van der Waals surface area contributed by atoms with Crippen LogP contribution in [0.15, 0.2) is 5.16 Å². The van der Waals surface area contributed by atoms with Gasteiger partial charge in [0.2, 0.25) is 11.6 Å². The van der Waals surface area contributed by atoms with Gasteiger partial charge in [-0.25, -0.2) is 0 Å². The molecule has 0 aromatic rings. The second kappa shape index (κ2) is 3.74. The quantitative estimate of drug-likeness (QED) is 0.630. The standard InChI is InChI=1S/C8H15N3O2/c1-4-7(12)9-11-8(3)5-6(2)10-13-8/h11H,4-5H2,1-3H3,(H,9,12). The van der Waals surface area contributed by atoms with Crippen molar-refractivity contribution in [2.75, 3.05) is 0 Å². The first-order valence-electron chi connectivity index (χ1n) is 4.33. The van der Waals surface area contributed by atoms with Crippen LogP contribution in [0.25, 0.3) is 0 Å². The lowest BCUT2D eigenvalue weighted by Crippen LogP contribution is -2.52. The molecule has 1 heterocycles.